The van der Waals surface area contributed by atoms with Gasteiger partial charge in [0, 0.05) is 38.3 Å². The van der Waals surface area contributed by atoms with E-state index >= 15 is 0 Å². The molecule has 0 aliphatic rings. The number of hydrogen-bond acceptors (Lipinski definition) is 5. The molecule has 2 amide bonds. The quantitative estimate of drug-likeness (QED) is 0.792. The maximum absolute atomic E-state index is 12.2. The number of ether oxygens (including phenoxy) is 2. The Kier molecular flexibility index (Phi) is 6.31. The molecular formula is C16H20N4O3. The molecule has 1 heterocycles. The van der Waals surface area contributed by atoms with Crippen LogP contribution >= 0.6 is 0 Å². The molecule has 0 saturated heterocycles. The highest BCUT2D eigenvalue weighted by molar-refractivity contribution is 5.89. The molecule has 0 bridgehead atoms. The number of nitrogens with zero attached hydrogens (tertiary/aromatic N) is 3. The van der Waals surface area contributed by atoms with Crippen LogP contribution in [-0.4, -0.2) is 48.3 Å². The Balaban J connectivity index is 1.90. The van der Waals surface area contributed by atoms with E-state index in [1.54, 1.807) is 44.9 Å². The summed E-state index contributed by atoms with van der Waals surface area (Å²) in [4.78, 5) is 21.9. The molecule has 1 aromatic carbocycles. The molecule has 2 rings (SSSR count). The van der Waals surface area contributed by atoms with Crippen molar-refractivity contribution in [1.82, 2.24) is 14.9 Å². The minimum Gasteiger partial charge on any atom is -0.491 e. The third-order valence-corrected chi connectivity index (χ3v) is 3.00. The van der Waals surface area contributed by atoms with Gasteiger partial charge in [0.05, 0.1) is 25.0 Å². The molecule has 0 aliphatic heterocycles. The van der Waals surface area contributed by atoms with E-state index in [-0.39, 0.29) is 6.03 Å². The number of rotatable bonds is 7. The number of nitrogens with one attached hydrogen (secondary N) is 1. The third kappa shape index (κ3) is 5.55. The van der Waals surface area contributed by atoms with Crippen LogP contribution in [0, 0.1) is 0 Å². The fraction of sp³-hybridized carbons (Fsp3) is 0.312. The van der Waals surface area contributed by atoms with Crippen LogP contribution in [0.2, 0.25) is 0 Å². The monoisotopic (exact) mass is 316 g/mol. The first-order valence-corrected chi connectivity index (χ1v) is 7.18. The van der Waals surface area contributed by atoms with Gasteiger partial charge < -0.3 is 19.7 Å². The van der Waals surface area contributed by atoms with Crippen molar-refractivity contribution in [3.8, 4) is 5.75 Å². The first kappa shape index (κ1) is 16.7. The van der Waals surface area contributed by atoms with Gasteiger partial charge in [-0.15, -0.1) is 0 Å². The summed E-state index contributed by atoms with van der Waals surface area (Å²) in [5.74, 6) is 0.677. The lowest BCUT2D eigenvalue weighted by molar-refractivity contribution is 0.146. The highest BCUT2D eigenvalue weighted by Gasteiger charge is 2.10. The van der Waals surface area contributed by atoms with Gasteiger partial charge in [-0.3, -0.25) is 9.97 Å². The fourth-order valence-electron chi connectivity index (χ4n) is 1.85. The second-order valence-electron chi connectivity index (χ2n) is 4.85. The average Bonchev–Trinajstić information content (AvgIpc) is 2.56. The van der Waals surface area contributed by atoms with E-state index in [4.69, 9.17) is 9.47 Å². The van der Waals surface area contributed by atoms with Crippen molar-refractivity contribution in [2.75, 3.05) is 32.7 Å². The normalized spacial score (nSPS) is 10.2. The van der Waals surface area contributed by atoms with Gasteiger partial charge in [-0.2, -0.15) is 0 Å². The molecule has 0 saturated carbocycles. The largest absolute Gasteiger partial charge is 0.491 e. The maximum Gasteiger partial charge on any atom is 0.321 e. The predicted octanol–water partition coefficient (Wildman–Crippen LogP) is 2.17. The summed E-state index contributed by atoms with van der Waals surface area (Å²) in [6, 6.07) is 6.99. The zero-order valence-electron chi connectivity index (χ0n) is 13.2. The van der Waals surface area contributed by atoms with Crippen molar-refractivity contribution in [2.45, 2.75) is 6.54 Å². The van der Waals surface area contributed by atoms with E-state index in [2.05, 4.69) is 15.3 Å². The van der Waals surface area contributed by atoms with Crippen LogP contribution in [0.5, 0.6) is 5.75 Å². The Hall–Kier alpha value is -2.67. The number of amides is 2. The number of aromatic nitrogens is 2. The fourth-order valence-corrected chi connectivity index (χ4v) is 1.85. The van der Waals surface area contributed by atoms with Crippen molar-refractivity contribution in [3.63, 3.8) is 0 Å². The summed E-state index contributed by atoms with van der Waals surface area (Å²) in [5, 5.41) is 2.82. The Morgan fingerprint density at radius 2 is 2.17 bits per heavy atom. The molecule has 0 atom stereocenters. The third-order valence-electron chi connectivity index (χ3n) is 3.00. The van der Waals surface area contributed by atoms with Gasteiger partial charge in [0.25, 0.3) is 0 Å². The van der Waals surface area contributed by atoms with Crippen LogP contribution in [0.3, 0.4) is 0 Å². The lowest BCUT2D eigenvalue weighted by Gasteiger charge is -2.17. The number of carbonyl (C=O) groups is 1. The Labute approximate surface area is 135 Å². The molecule has 0 fully saturated rings. The molecule has 1 N–H and O–H groups in total. The Bertz CT molecular complexity index is 622. The molecule has 23 heavy (non-hydrogen) atoms. The maximum atomic E-state index is 12.2. The van der Waals surface area contributed by atoms with Gasteiger partial charge in [-0.1, -0.05) is 6.07 Å². The summed E-state index contributed by atoms with van der Waals surface area (Å²) in [5.41, 5.74) is 1.39. The van der Waals surface area contributed by atoms with Gasteiger partial charge in [0.2, 0.25) is 0 Å². The van der Waals surface area contributed by atoms with Crippen molar-refractivity contribution in [1.29, 1.82) is 0 Å². The molecule has 0 unspecified atom stereocenters. The van der Waals surface area contributed by atoms with Gasteiger partial charge in [-0.05, 0) is 12.1 Å². The second kappa shape index (κ2) is 8.70. The van der Waals surface area contributed by atoms with Crippen LogP contribution in [0.15, 0.2) is 42.9 Å². The standard InChI is InChI=1S/C16H20N4O3/c1-20(12-14-11-17-6-7-18-14)16(21)19-13-4-3-5-15(10-13)23-9-8-22-2/h3-7,10-11H,8-9,12H2,1-2H3,(H,19,21). The van der Waals surface area contributed by atoms with Crippen molar-refractivity contribution in [3.05, 3.63) is 48.5 Å². The highest BCUT2D eigenvalue weighted by Crippen LogP contribution is 2.17. The molecule has 7 nitrogen and oxygen atoms in total. The molecule has 7 heteroatoms. The zero-order valence-corrected chi connectivity index (χ0v) is 13.2. The Morgan fingerprint density at radius 1 is 1.30 bits per heavy atom. The van der Waals surface area contributed by atoms with E-state index in [1.165, 1.54) is 4.90 Å². The van der Waals surface area contributed by atoms with Crippen LogP contribution < -0.4 is 10.1 Å². The topological polar surface area (TPSA) is 76.6 Å². The number of hydrogen-bond donors (Lipinski definition) is 1. The minimum atomic E-state index is -0.232. The zero-order chi connectivity index (χ0) is 16.5. The average molecular weight is 316 g/mol. The molecule has 0 spiro atoms. The summed E-state index contributed by atoms with van der Waals surface area (Å²) in [6.07, 6.45) is 4.83. The van der Waals surface area contributed by atoms with Crippen molar-refractivity contribution in [2.24, 2.45) is 0 Å². The van der Waals surface area contributed by atoms with E-state index < -0.39 is 0 Å². The van der Waals surface area contributed by atoms with Crippen LogP contribution in [0.1, 0.15) is 5.69 Å². The molecule has 0 radical (unpaired) electrons. The minimum absolute atomic E-state index is 0.232. The summed E-state index contributed by atoms with van der Waals surface area (Å²) < 4.78 is 10.5. The Morgan fingerprint density at radius 3 is 2.91 bits per heavy atom. The SMILES string of the molecule is COCCOc1cccc(NC(=O)N(C)Cc2cnccn2)c1. The number of benzene rings is 1. The van der Waals surface area contributed by atoms with Gasteiger partial charge in [0.1, 0.15) is 12.4 Å². The molecule has 1 aromatic heterocycles. The lowest BCUT2D eigenvalue weighted by Crippen LogP contribution is -2.31. The van der Waals surface area contributed by atoms with Gasteiger partial charge in [0.15, 0.2) is 0 Å². The summed E-state index contributed by atoms with van der Waals surface area (Å²) in [7, 11) is 3.32. The smallest absolute Gasteiger partial charge is 0.321 e. The first-order valence-electron chi connectivity index (χ1n) is 7.18. The van der Waals surface area contributed by atoms with E-state index in [0.717, 1.165) is 5.69 Å². The van der Waals surface area contributed by atoms with Crippen LogP contribution in [-0.2, 0) is 11.3 Å². The van der Waals surface area contributed by atoms with E-state index in [0.29, 0.717) is 31.2 Å². The molecular weight excluding hydrogens is 296 g/mol. The van der Waals surface area contributed by atoms with Gasteiger partial charge >= 0.3 is 6.03 Å². The lowest BCUT2D eigenvalue weighted by atomic mass is 10.3. The number of anilines is 1. The highest BCUT2D eigenvalue weighted by atomic mass is 16.5. The molecule has 122 valence electrons. The van der Waals surface area contributed by atoms with Crippen LogP contribution in [0.25, 0.3) is 0 Å². The first-order chi connectivity index (χ1) is 11.2. The molecule has 2 aromatic rings. The summed E-state index contributed by atoms with van der Waals surface area (Å²) in [6.45, 7) is 1.35. The van der Waals surface area contributed by atoms with Crippen molar-refractivity contribution >= 4 is 11.7 Å². The molecule has 0 aliphatic carbocycles. The van der Waals surface area contributed by atoms with E-state index in [9.17, 15) is 4.79 Å². The van der Waals surface area contributed by atoms with Crippen LogP contribution in [0.4, 0.5) is 10.5 Å². The summed E-state index contributed by atoms with van der Waals surface area (Å²) >= 11 is 0. The predicted molar refractivity (Wildman–Crippen MR) is 86.3 cm³/mol. The van der Waals surface area contributed by atoms with Crippen molar-refractivity contribution < 1.29 is 14.3 Å². The van der Waals surface area contributed by atoms with E-state index in [1.807, 2.05) is 12.1 Å². The second-order valence-corrected chi connectivity index (χ2v) is 4.85. The van der Waals surface area contributed by atoms with Gasteiger partial charge in [-0.25, -0.2) is 4.79 Å². The number of carbonyl (C=O) groups excluding carboxylic acids is 1. The number of urea groups is 1. The number of methoxy groups -OCH3 is 1.